The summed E-state index contributed by atoms with van der Waals surface area (Å²) in [6.45, 7) is 3.36. The molecule has 1 saturated carbocycles. The molecule has 1 aliphatic rings. The molecule has 1 aromatic carbocycles. The molecule has 0 spiro atoms. The molecule has 0 heterocycles. The van der Waals surface area contributed by atoms with Crippen LogP contribution in [0.25, 0.3) is 0 Å². The van der Waals surface area contributed by atoms with Crippen LogP contribution in [0.5, 0.6) is 0 Å². The van der Waals surface area contributed by atoms with Crippen molar-refractivity contribution in [2.24, 2.45) is 11.8 Å². The SMILES string of the molecule is CC(=O)Nc1cccc(NS(=O)(=O)CCNC(=O)C(C)C2CCCC2)c1. The highest BCUT2D eigenvalue weighted by Crippen LogP contribution is 2.31. The lowest BCUT2D eigenvalue weighted by molar-refractivity contribution is -0.125. The maximum Gasteiger partial charge on any atom is 0.234 e. The molecule has 2 rings (SSSR count). The smallest absolute Gasteiger partial charge is 0.234 e. The first-order valence-electron chi connectivity index (χ1n) is 8.93. The number of carbonyl (C=O) groups excluding carboxylic acids is 2. The molecule has 7 nitrogen and oxygen atoms in total. The Balaban J connectivity index is 1.83. The molecule has 3 N–H and O–H groups in total. The summed E-state index contributed by atoms with van der Waals surface area (Å²) in [5.41, 5.74) is 0.873. The van der Waals surface area contributed by atoms with Gasteiger partial charge in [0.15, 0.2) is 0 Å². The number of hydrogen-bond donors (Lipinski definition) is 3. The zero-order valence-corrected chi connectivity index (χ0v) is 16.1. The Morgan fingerprint density at radius 2 is 1.85 bits per heavy atom. The van der Waals surface area contributed by atoms with E-state index < -0.39 is 10.0 Å². The topological polar surface area (TPSA) is 104 Å². The number of amides is 2. The summed E-state index contributed by atoms with van der Waals surface area (Å²) in [6, 6.07) is 6.46. The van der Waals surface area contributed by atoms with Crippen molar-refractivity contribution >= 4 is 33.2 Å². The van der Waals surface area contributed by atoms with E-state index in [1.54, 1.807) is 24.3 Å². The lowest BCUT2D eigenvalue weighted by Gasteiger charge is -2.18. The number of sulfonamides is 1. The van der Waals surface area contributed by atoms with Gasteiger partial charge in [-0.25, -0.2) is 8.42 Å². The second-order valence-electron chi connectivity index (χ2n) is 6.81. The summed E-state index contributed by atoms with van der Waals surface area (Å²) in [7, 11) is -3.60. The van der Waals surface area contributed by atoms with Crippen LogP contribution >= 0.6 is 0 Å². The predicted octanol–water partition coefficient (Wildman–Crippen LogP) is 2.33. The van der Waals surface area contributed by atoms with E-state index in [1.807, 2.05) is 6.92 Å². The van der Waals surface area contributed by atoms with E-state index in [1.165, 1.54) is 6.92 Å². The molecule has 8 heteroatoms. The van der Waals surface area contributed by atoms with Gasteiger partial charge in [-0.05, 0) is 37.0 Å². The van der Waals surface area contributed by atoms with Gasteiger partial charge in [0.2, 0.25) is 21.8 Å². The zero-order chi connectivity index (χ0) is 19.2. The van der Waals surface area contributed by atoms with Gasteiger partial charge in [0.1, 0.15) is 0 Å². The maximum atomic E-state index is 12.2. The van der Waals surface area contributed by atoms with Crippen LogP contribution in [-0.2, 0) is 19.6 Å². The number of hydrogen-bond acceptors (Lipinski definition) is 4. The highest BCUT2D eigenvalue weighted by Gasteiger charge is 2.26. The summed E-state index contributed by atoms with van der Waals surface area (Å²) >= 11 is 0. The van der Waals surface area contributed by atoms with E-state index in [0.717, 1.165) is 25.7 Å². The van der Waals surface area contributed by atoms with Crippen molar-refractivity contribution in [3.8, 4) is 0 Å². The third-order valence-electron chi connectivity index (χ3n) is 4.65. The fraction of sp³-hybridized carbons (Fsp3) is 0.556. The normalized spacial score (nSPS) is 16.1. The van der Waals surface area contributed by atoms with Crippen LogP contribution in [0.2, 0.25) is 0 Å². The first-order chi connectivity index (χ1) is 12.3. The number of nitrogens with one attached hydrogen (secondary N) is 3. The van der Waals surface area contributed by atoms with Crippen LogP contribution in [0.15, 0.2) is 24.3 Å². The molecule has 0 aliphatic heterocycles. The minimum atomic E-state index is -3.60. The van der Waals surface area contributed by atoms with Crippen LogP contribution in [0.1, 0.15) is 39.5 Å². The predicted molar refractivity (Wildman–Crippen MR) is 102 cm³/mol. The van der Waals surface area contributed by atoms with Gasteiger partial charge in [0, 0.05) is 25.1 Å². The monoisotopic (exact) mass is 381 g/mol. The lowest BCUT2D eigenvalue weighted by atomic mass is 9.92. The number of anilines is 2. The van der Waals surface area contributed by atoms with Gasteiger partial charge in [0.05, 0.1) is 11.4 Å². The zero-order valence-electron chi connectivity index (χ0n) is 15.2. The summed E-state index contributed by atoms with van der Waals surface area (Å²) in [5.74, 6) is -0.201. The minimum Gasteiger partial charge on any atom is -0.355 e. The molecule has 0 aromatic heterocycles. The molecule has 1 aliphatic carbocycles. The van der Waals surface area contributed by atoms with E-state index >= 15 is 0 Å². The van der Waals surface area contributed by atoms with Crippen LogP contribution in [0.3, 0.4) is 0 Å². The van der Waals surface area contributed by atoms with Gasteiger partial charge >= 0.3 is 0 Å². The van der Waals surface area contributed by atoms with Gasteiger partial charge in [-0.3, -0.25) is 14.3 Å². The maximum absolute atomic E-state index is 12.2. The fourth-order valence-corrected chi connectivity index (χ4v) is 4.19. The molecule has 0 bridgehead atoms. The van der Waals surface area contributed by atoms with Crippen LogP contribution < -0.4 is 15.4 Å². The van der Waals surface area contributed by atoms with Crippen LogP contribution in [-0.4, -0.2) is 32.5 Å². The third-order valence-corrected chi connectivity index (χ3v) is 5.94. The first-order valence-corrected chi connectivity index (χ1v) is 10.6. The summed E-state index contributed by atoms with van der Waals surface area (Å²) in [4.78, 5) is 23.2. The molecular weight excluding hydrogens is 354 g/mol. The van der Waals surface area contributed by atoms with E-state index in [2.05, 4.69) is 15.4 Å². The van der Waals surface area contributed by atoms with E-state index in [9.17, 15) is 18.0 Å². The van der Waals surface area contributed by atoms with Gasteiger partial charge in [-0.1, -0.05) is 25.8 Å². The molecule has 2 amide bonds. The van der Waals surface area contributed by atoms with Crippen molar-refractivity contribution < 1.29 is 18.0 Å². The Morgan fingerprint density at radius 3 is 2.50 bits per heavy atom. The number of benzene rings is 1. The van der Waals surface area contributed by atoms with Crippen LogP contribution in [0.4, 0.5) is 11.4 Å². The Morgan fingerprint density at radius 1 is 1.19 bits per heavy atom. The largest absolute Gasteiger partial charge is 0.355 e. The average Bonchev–Trinajstić information content (AvgIpc) is 3.07. The Bertz CT molecular complexity index is 743. The quantitative estimate of drug-likeness (QED) is 0.643. The molecule has 1 fully saturated rings. The van der Waals surface area contributed by atoms with Crippen molar-refractivity contribution in [3.05, 3.63) is 24.3 Å². The molecule has 26 heavy (non-hydrogen) atoms. The first kappa shape index (κ1) is 20.2. The van der Waals surface area contributed by atoms with Gasteiger partial charge in [-0.15, -0.1) is 0 Å². The number of carbonyl (C=O) groups is 2. The van der Waals surface area contributed by atoms with Crippen molar-refractivity contribution in [1.29, 1.82) is 0 Å². The highest BCUT2D eigenvalue weighted by molar-refractivity contribution is 7.92. The molecule has 1 atom stereocenters. The lowest BCUT2D eigenvalue weighted by Crippen LogP contribution is -2.36. The van der Waals surface area contributed by atoms with E-state index in [0.29, 0.717) is 17.3 Å². The van der Waals surface area contributed by atoms with Gasteiger partial charge < -0.3 is 10.6 Å². The average molecular weight is 381 g/mol. The highest BCUT2D eigenvalue weighted by atomic mass is 32.2. The molecule has 0 radical (unpaired) electrons. The van der Waals surface area contributed by atoms with Crippen molar-refractivity contribution in [3.63, 3.8) is 0 Å². The summed E-state index contributed by atoms with van der Waals surface area (Å²) < 4.78 is 26.8. The molecule has 144 valence electrons. The minimum absolute atomic E-state index is 0.0661. The fourth-order valence-electron chi connectivity index (χ4n) is 3.24. The third kappa shape index (κ3) is 6.33. The number of rotatable bonds is 8. The van der Waals surface area contributed by atoms with Crippen molar-refractivity contribution in [2.45, 2.75) is 39.5 Å². The van der Waals surface area contributed by atoms with E-state index in [4.69, 9.17) is 0 Å². The second kappa shape index (κ2) is 9.02. The molecule has 1 aromatic rings. The van der Waals surface area contributed by atoms with Crippen LogP contribution in [0, 0.1) is 11.8 Å². The van der Waals surface area contributed by atoms with E-state index in [-0.39, 0.29) is 30.0 Å². The summed E-state index contributed by atoms with van der Waals surface area (Å²) in [6.07, 6.45) is 4.47. The molecular formula is C18H27N3O4S. The van der Waals surface area contributed by atoms with Crippen molar-refractivity contribution in [1.82, 2.24) is 5.32 Å². The second-order valence-corrected chi connectivity index (χ2v) is 8.65. The molecule has 0 saturated heterocycles. The summed E-state index contributed by atoms with van der Waals surface area (Å²) in [5, 5.41) is 5.32. The Hall–Kier alpha value is -2.09. The Labute approximate surface area is 155 Å². The van der Waals surface area contributed by atoms with Crippen molar-refractivity contribution in [2.75, 3.05) is 22.3 Å². The van der Waals surface area contributed by atoms with Gasteiger partial charge in [-0.2, -0.15) is 0 Å². The molecule has 1 unspecified atom stereocenters. The standard InChI is InChI=1S/C18H27N3O4S/c1-13(15-6-3-4-7-15)18(23)19-10-11-26(24,25)21-17-9-5-8-16(12-17)20-14(2)22/h5,8-9,12-13,15,21H,3-4,6-7,10-11H2,1-2H3,(H,19,23)(H,20,22). The Kier molecular flexibility index (Phi) is 7.02. The van der Waals surface area contributed by atoms with Gasteiger partial charge in [0.25, 0.3) is 0 Å².